The van der Waals surface area contributed by atoms with E-state index in [2.05, 4.69) is 11.4 Å². The average Bonchev–Trinajstić information content (AvgIpc) is 2.55. The second kappa shape index (κ2) is 7.94. The summed E-state index contributed by atoms with van der Waals surface area (Å²) < 4.78 is 11.2. The van der Waals surface area contributed by atoms with E-state index >= 15 is 0 Å². The van der Waals surface area contributed by atoms with Gasteiger partial charge in [-0.15, -0.1) is 0 Å². The van der Waals surface area contributed by atoms with E-state index in [1.165, 1.54) is 0 Å². The Morgan fingerprint density at radius 3 is 2.55 bits per heavy atom. The minimum Gasteiger partial charge on any atom is -0.494 e. The molecule has 0 aliphatic carbocycles. The lowest BCUT2D eigenvalue weighted by molar-refractivity contribution is 0.332. The maximum absolute atomic E-state index is 9.15. The molecule has 2 rings (SSSR count). The van der Waals surface area contributed by atoms with Crippen molar-refractivity contribution in [3.63, 3.8) is 0 Å². The molecule has 0 saturated heterocycles. The van der Waals surface area contributed by atoms with Crippen LogP contribution in [0.25, 0.3) is 0 Å². The lowest BCUT2D eigenvalue weighted by Crippen LogP contribution is -2.05. The molecule has 114 valence electrons. The van der Waals surface area contributed by atoms with Crippen LogP contribution in [0.1, 0.15) is 25.0 Å². The molecule has 0 radical (unpaired) electrons. The summed E-state index contributed by atoms with van der Waals surface area (Å²) in [6.07, 6.45) is 0. The quantitative estimate of drug-likeness (QED) is 0.840. The van der Waals surface area contributed by atoms with Crippen molar-refractivity contribution in [2.75, 3.05) is 18.5 Å². The van der Waals surface area contributed by atoms with Crippen LogP contribution in [0.3, 0.4) is 0 Å². The Balaban J connectivity index is 2.19. The van der Waals surface area contributed by atoms with Gasteiger partial charge in [-0.2, -0.15) is 5.26 Å². The lowest BCUT2D eigenvalue weighted by Gasteiger charge is -2.14. The Labute approximate surface area is 131 Å². The lowest BCUT2D eigenvalue weighted by atomic mass is 10.1. The number of hydrogen-bond donors (Lipinski definition) is 1. The van der Waals surface area contributed by atoms with Gasteiger partial charge in [0.05, 0.1) is 30.5 Å². The molecule has 2 aromatic carbocycles. The van der Waals surface area contributed by atoms with Crippen molar-refractivity contribution in [1.82, 2.24) is 0 Å². The normalized spacial score (nSPS) is 9.86. The number of nitrogens with one attached hydrogen (secondary N) is 1. The number of ether oxygens (including phenoxy) is 2. The molecular weight excluding hydrogens is 276 g/mol. The molecule has 4 nitrogen and oxygen atoms in total. The monoisotopic (exact) mass is 296 g/mol. The molecule has 22 heavy (non-hydrogen) atoms. The summed E-state index contributed by atoms with van der Waals surface area (Å²) in [5.41, 5.74) is 2.49. The van der Waals surface area contributed by atoms with E-state index in [0.29, 0.717) is 25.3 Å². The van der Waals surface area contributed by atoms with Crippen LogP contribution >= 0.6 is 0 Å². The third-order valence-electron chi connectivity index (χ3n) is 3.17. The van der Waals surface area contributed by atoms with Gasteiger partial charge in [-0.1, -0.05) is 18.2 Å². The maximum Gasteiger partial charge on any atom is 0.142 e. The van der Waals surface area contributed by atoms with Gasteiger partial charge >= 0.3 is 0 Å². The summed E-state index contributed by atoms with van der Waals surface area (Å²) in [5.74, 6) is 1.57. The molecule has 0 aliphatic heterocycles. The SMILES string of the molecule is CCOc1ccc(OCC)c(NCc2ccccc2C#N)c1. The van der Waals surface area contributed by atoms with Crippen molar-refractivity contribution < 1.29 is 9.47 Å². The molecule has 0 heterocycles. The minimum absolute atomic E-state index is 0.555. The van der Waals surface area contributed by atoms with E-state index in [9.17, 15) is 0 Å². The van der Waals surface area contributed by atoms with Crippen molar-refractivity contribution in [3.05, 3.63) is 53.6 Å². The topological polar surface area (TPSA) is 54.3 Å². The second-order valence-electron chi connectivity index (χ2n) is 4.65. The van der Waals surface area contributed by atoms with E-state index in [1.807, 2.05) is 56.3 Å². The van der Waals surface area contributed by atoms with Gasteiger partial charge in [0, 0.05) is 12.6 Å². The maximum atomic E-state index is 9.15. The summed E-state index contributed by atoms with van der Waals surface area (Å²) in [7, 11) is 0. The second-order valence-corrected chi connectivity index (χ2v) is 4.65. The highest BCUT2D eigenvalue weighted by Crippen LogP contribution is 2.30. The molecule has 0 aromatic heterocycles. The Bertz CT molecular complexity index is 662. The van der Waals surface area contributed by atoms with E-state index in [-0.39, 0.29) is 0 Å². The summed E-state index contributed by atoms with van der Waals surface area (Å²) in [6.45, 7) is 5.67. The number of anilines is 1. The van der Waals surface area contributed by atoms with Gasteiger partial charge < -0.3 is 14.8 Å². The zero-order valence-corrected chi connectivity index (χ0v) is 12.9. The summed E-state index contributed by atoms with van der Waals surface area (Å²) in [4.78, 5) is 0. The Morgan fingerprint density at radius 1 is 1.05 bits per heavy atom. The minimum atomic E-state index is 0.555. The van der Waals surface area contributed by atoms with Crippen molar-refractivity contribution in [2.45, 2.75) is 20.4 Å². The Morgan fingerprint density at radius 2 is 1.82 bits per heavy atom. The first-order valence-electron chi connectivity index (χ1n) is 7.40. The highest BCUT2D eigenvalue weighted by molar-refractivity contribution is 5.60. The van der Waals surface area contributed by atoms with Crippen LogP contribution in [-0.4, -0.2) is 13.2 Å². The van der Waals surface area contributed by atoms with Crippen molar-refractivity contribution in [2.24, 2.45) is 0 Å². The fourth-order valence-electron chi connectivity index (χ4n) is 2.16. The summed E-state index contributed by atoms with van der Waals surface area (Å²) >= 11 is 0. The first-order valence-corrected chi connectivity index (χ1v) is 7.40. The van der Waals surface area contributed by atoms with Crippen LogP contribution < -0.4 is 14.8 Å². The number of nitrogens with zero attached hydrogens (tertiary/aromatic N) is 1. The van der Waals surface area contributed by atoms with Gasteiger partial charge in [0.15, 0.2) is 0 Å². The smallest absolute Gasteiger partial charge is 0.142 e. The van der Waals surface area contributed by atoms with Gasteiger partial charge in [-0.3, -0.25) is 0 Å². The van der Waals surface area contributed by atoms with Gasteiger partial charge in [0.2, 0.25) is 0 Å². The Kier molecular flexibility index (Phi) is 5.67. The number of hydrogen-bond acceptors (Lipinski definition) is 4. The largest absolute Gasteiger partial charge is 0.494 e. The van der Waals surface area contributed by atoms with E-state index < -0.39 is 0 Å². The molecule has 2 aromatic rings. The molecule has 1 N–H and O–H groups in total. The Hall–Kier alpha value is -2.67. The van der Waals surface area contributed by atoms with Crippen LogP contribution in [0.2, 0.25) is 0 Å². The fourth-order valence-corrected chi connectivity index (χ4v) is 2.16. The van der Waals surface area contributed by atoms with Crippen LogP contribution in [0.5, 0.6) is 11.5 Å². The van der Waals surface area contributed by atoms with E-state index in [0.717, 1.165) is 22.7 Å². The third-order valence-corrected chi connectivity index (χ3v) is 3.17. The zero-order valence-electron chi connectivity index (χ0n) is 12.9. The number of nitriles is 1. The average molecular weight is 296 g/mol. The molecule has 0 spiro atoms. The molecule has 0 fully saturated rings. The van der Waals surface area contributed by atoms with Gasteiger partial charge in [-0.05, 0) is 37.6 Å². The van der Waals surface area contributed by atoms with Crippen LogP contribution in [-0.2, 0) is 6.54 Å². The highest BCUT2D eigenvalue weighted by atomic mass is 16.5. The van der Waals surface area contributed by atoms with Crippen molar-refractivity contribution >= 4 is 5.69 Å². The number of rotatable bonds is 7. The molecule has 0 amide bonds. The zero-order chi connectivity index (χ0) is 15.8. The van der Waals surface area contributed by atoms with Crippen molar-refractivity contribution in [3.8, 4) is 17.6 Å². The molecular formula is C18H20N2O2. The predicted molar refractivity (Wildman–Crippen MR) is 87.3 cm³/mol. The van der Waals surface area contributed by atoms with E-state index in [4.69, 9.17) is 14.7 Å². The highest BCUT2D eigenvalue weighted by Gasteiger charge is 2.07. The summed E-state index contributed by atoms with van der Waals surface area (Å²) in [6, 6.07) is 15.5. The molecule has 0 bridgehead atoms. The summed E-state index contributed by atoms with van der Waals surface area (Å²) in [5, 5.41) is 12.5. The van der Waals surface area contributed by atoms with Crippen molar-refractivity contribution in [1.29, 1.82) is 5.26 Å². The third kappa shape index (κ3) is 3.92. The first kappa shape index (κ1) is 15.7. The molecule has 4 heteroatoms. The van der Waals surface area contributed by atoms with Crippen LogP contribution in [0.15, 0.2) is 42.5 Å². The van der Waals surface area contributed by atoms with Crippen LogP contribution in [0, 0.1) is 11.3 Å². The van der Waals surface area contributed by atoms with Crippen LogP contribution in [0.4, 0.5) is 5.69 Å². The standard InChI is InChI=1S/C18H20N2O2/c1-3-21-16-9-10-18(22-4-2)17(11-16)20-13-15-8-6-5-7-14(15)12-19/h5-11,20H,3-4,13H2,1-2H3. The van der Waals surface area contributed by atoms with E-state index in [1.54, 1.807) is 0 Å². The number of benzene rings is 2. The molecule has 0 aliphatic rings. The van der Waals surface area contributed by atoms with Gasteiger partial charge in [0.25, 0.3) is 0 Å². The van der Waals surface area contributed by atoms with Gasteiger partial charge in [-0.25, -0.2) is 0 Å². The predicted octanol–water partition coefficient (Wildman–Crippen LogP) is 3.97. The fraction of sp³-hybridized carbons (Fsp3) is 0.278. The molecule has 0 unspecified atom stereocenters. The molecule has 0 saturated carbocycles. The molecule has 0 atom stereocenters. The first-order chi connectivity index (χ1) is 10.8. The van der Waals surface area contributed by atoms with Gasteiger partial charge in [0.1, 0.15) is 11.5 Å².